The molecule has 0 saturated heterocycles. The lowest BCUT2D eigenvalue weighted by atomic mass is 9.75. The fraction of sp³-hybridized carbons (Fsp3) is 0.500. The first-order valence-corrected chi connectivity index (χ1v) is 6.76. The summed E-state index contributed by atoms with van der Waals surface area (Å²) in [5.41, 5.74) is 7.99. The zero-order chi connectivity index (χ0) is 13.3. The highest BCUT2D eigenvalue weighted by Crippen LogP contribution is 2.32. The topological polar surface area (TPSA) is 77.8 Å². The van der Waals surface area contributed by atoms with Crippen LogP contribution in [-0.2, 0) is 12.8 Å². The first-order chi connectivity index (χ1) is 9.20. The predicted octanol–water partition coefficient (Wildman–Crippen LogP) is 2.12. The van der Waals surface area contributed by atoms with Crippen molar-refractivity contribution in [3.05, 3.63) is 29.8 Å². The molecule has 0 spiro atoms. The Bertz CT molecular complexity index is 574. The van der Waals surface area contributed by atoms with Crippen molar-refractivity contribution in [2.24, 2.45) is 5.73 Å². The van der Waals surface area contributed by atoms with E-state index in [0.29, 0.717) is 18.1 Å². The lowest BCUT2D eigenvalue weighted by molar-refractivity contribution is 0.222. The molecule has 0 bridgehead atoms. The fourth-order valence-electron chi connectivity index (χ4n) is 2.46. The van der Waals surface area contributed by atoms with Crippen LogP contribution in [0.15, 0.2) is 22.9 Å². The Hall–Kier alpha value is -1.75. The number of rotatable bonds is 4. The van der Waals surface area contributed by atoms with Crippen LogP contribution in [0.5, 0.6) is 0 Å². The molecule has 0 aromatic carbocycles. The van der Waals surface area contributed by atoms with Gasteiger partial charge in [0, 0.05) is 18.2 Å². The third-order valence-corrected chi connectivity index (χ3v) is 3.80. The van der Waals surface area contributed by atoms with Crippen molar-refractivity contribution < 1.29 is 4.52 Å². The van der Waals surface area contributed by atoms with Gasteiger partial charge in [0.1, 0.15) is 5.69 Å². The van der Waals surface area contributed by atoms with Crippen LogP contribution in [0.2, 0.25) is 0 Å². The summed E-state index contributed by atoms with van der Waals surface area (Å²) in [6.07, 6.45) is 6.57. The van der Waals surface area contributed by atoms with Gasteiger partial charge in [0.2, 0.25) is 11.7 Å². The normalized spacial score (nSPS) is 17.2. The van der Waals surface area contributed by atoms with E-state index >= 15 is 0 Å². The summed E-state index contributed by atoms with van der Waals surface area (Å²) in [6, 6.07) is 3.96. The van der Waals surface area contributed by atoms with Crippen LogP contribution >= 0.6 is 0 Å². The lowest BCUT2D eigenvalue weighted by Crippen LogP contribution is -2.48. The van der Waals surface area contributed by atoms with Crippen LogP contribution in [0.25, 0.3) is 11.5 Å². The molecule has 3 rings (SSSR count). The summed E-state index contributed by atoms with van der Waals surface area (Å²) in [6.45, 7) is 2.09. The van der Waals surface area contributed by atoms with Gasteiger partial charge >= 0.3 is 0 Å². The van der Waals surface area contributed by atoms with Gasteiger partial charge in [-0.05, 0) is 37.3 Å². The van der Waals surface area contributed by atoms with Crippen LogP contribution in [0.4, 0.5) is 0 Å². The van der Waals surface area contributed by atoms with Gasteiger partial charge in [0.05, 0.1) is 0 Å². The van der Waals surface area contributed by atoms with Crippen molar-refractivity contribution in [2.45, 2.75) is 44.6 Å². The van der Waals surface area contributed by atoms with E-state index in [-0.39, 0.29) is 5.54 Å². The second-order valence-electron chi connectivity index (χ2n) is 5.27. The largest absolute Gasteiger partial charge is 0.339 e. The Morgan fingerprint density at radius 3 is 2.95 bits per heavy atom. The maximum atomic E-state index is 6.20. The molecule has 19 heavy (non-hydrogen) atoms. The Labute approximate surface area is 112 Å². The summed E-state index contributed by atoms with van der Waals surface area (Å²) >= 11 is 0. The third-order valence-electron chi connectivity index (χ3n) is 3.80. The second kappa shape index (κ2) is 4.74. The first kappa shape index (κ1) is 12.3. The molecule has 1 aliphatic rings. The maximum Gasteiger partial charge on any atom is 0.228 e. The van der Waals surface area contributed by atoms with Crippen LogP contribution < -0.4 is 5.73 Å². The van der Waals surface area contributed by atoms with E-state index < -0.39 is 0 Å². The molecular weight excluding hydrogens is 240 g/mol. The van der Waals surface area contributed by atoms with E-state index in [1.165, 1.54) is 6.42 Å². The van der Waals surface area contributed by atoms with Crippen molar-refractivity contribution in [3.63, 3.8) is 0 Å². The van der Waals surface area contributed by atoms with E-state index in [2.05, 4.69) is 22.0 Å². The summed E-state index contributed by atoms with van der Waals surface area (Å²) in [5, 5.41) is 4.03. The summed E-state index contributed by atoms with van der Waals surface area (Å²) in [7, 11) is 0. The van der Waals surface area contributed by atoms with Gasteiger partial charge in [0.25, 0.3) is 0 Å². The summed E-state index contributed by atoms with van der Waals surface area (Å²) in [4.78, 5) is 8.78. The molecule has 1 aliphatic carbocycles. The van der Waals surface area contributed by atoms with Crippen LogP contribution in [0, 0.1) is 0 Å². The van der Waals surface area contributed by atoms with Gasteiger partial charge in [-0.1, -0.05) is 18.1 Å². The van der Waals surface area contributed by atoms with Gasteiger partial charge < -0.3 is 10.3 Å². The average Bonchev–Trinajstić information content (AvgIpc) is 2.85. The molecule has 0 aliphatic heterocycles. The molecule has 0 amide bonds. The molecule has 2 aromatic heterocycles. The number of nitrogens with two attached hydrogens (primary N) is 1. The molecule has 5 heteroatoms. The second-order valence-corrected chi connectivity index (χ2v) is 5.27. The molecule has 100 valence electrons. The van der Waals surface area contributed by atoms with Crippen LogP contribution in [0.1, 0.15) is 37.6 Å². The predicted molar refractivity (Wildman–Crippen MR) is 71.4 cm³/mol. The highest BCUT2D eigenvalue weighted by atomic mass is 16.5. The minimum absolute atomic E-state index is 0.137. The van der Waals surface area contributed by atoms with E-state index in [0.717, 1.165) is 30.5 Å². The lowest BCUT2D eigenvalue weighted by Gasteiger charge is -2.36. The third kappa shape index (κ3) is 2.38. The highest BCUT2D eigenvalue weighted by Gasteiger charge is 2.34. The zero-order valence-corrected chi connectivity index (χ0v) is 11.1. The van der Waals surface area contributed by atoms with Crippen molar-refractivity contribution in [1.82, 2.24) is 15.1 Å². The Balaban J connectivity index is 1.84. The molecule has 2 N–H and O–H groups in total. The highest BCUT2D eigenvalue weighted by molar-refractivity contribution is 5.53. The molecule has 2 heterocycles. The molecule has 1 saturated carbocycles. The number of pyridine rings is 1. The smallest absolute Gasteiger partial charge is 0.228 e. The standard InChI is InChI=1S/C14H18N4O/c1-2-10-5-3-8-16-12(10)13-17-11(19-18-13)9-14(15)6-4-7-14/h3,5,8H,2,4,6-7,9,15H2,1H3. The maximum absolute atomic E-state index is 6.20. The van der Waals surface area contributed by atoms with Crippen molar-refractivity contribution in [2.75, 3.05) is 0 Å². The fourth-order valence-corrected chi connectivity index (χ4v) is 2.46. The molecule has 0 radical (unpaired) electrons. The van der Waals surface area contributed by atoms with Crippen LogP contribution in [0.3, 0.4) is 0 Å². The minimum atomic E-state index is -0.137. The monoisotopic (exact) mass is 258 g/mol. The summed E-state index contributed by atoms with van der Waals surface area (Å²) < 4.78 is 5.31. The number of aromatic nitrogens is 3. The van der Waals surface area contributed by atoms with Gasteiger partial charge in [-0.3, -0.25) is 4.98 Å². The number of hydrogen-bond donors (Lipinski definition) is 1. The van der Waals surface area contributed by atoms with E-state index in [4.69, 9.17) is 10.3 Å². The number of hydrogen-bond acceptors (Lipinski definition) is 5. The Morgan fingerprint density at radius 1 is 1.42 bits per heavy atom. The zero-order valence-electron chi connectivity index (χ0n) is 11.1. The van der Waals surface area contributed by atoms with Gasteiger partial charge in [-0.25, -0.2) is 0 Å². The quantitative estimate of drug-likeness (QED) is 0.908. The minimum Gasteiger partial charge on any atom is -0.339 e. The van der Waals surface area contributed by atoms with E-state index in [9.17, 15) is 0 Å². The Morgan fingerprint density at radius 2 is 2.26 bits per heavy atom. The van der Waals surface area contributed by atoms with Crippen molar-refractivity contribution in [3.8, 4) is 11.5 Å². The van der Waals surface area contributed by atoms with Crippen molar-refractivity contribution >= 4 is 0 Å². The van der Waals surface area contributed by atoms with Gasteiger partial charge in [-0.15, -0.1) is 0 Å². The van der Waals surface area contributed by atoms with E-state index in [1.54, 1.807) is 6.20 Å². The molecule has 0 atom stereocenters. The van der Waals surface area contributed by atoms with E-state index in [1.807, 2.05) is 12.1 Å². The first-order valence-electron chi connectivity index (χ1n) is 6.76. The molecule has 1 fully saturated rings. The molecule has 2 aromatic rings. The summed E-state index contributed by atoms with van der Waals surface area (Å²) in [5.74, 6) is 1.18. The SMILES string of the molecule is CCc1cccnc1-c1noc(CC2(N)CCC2)n1. The van der Waals surface area contributed by atoms with Gasteiger partial charge in [-0.2, -0.15) is 4.98 Å². The molecular formula is C14H18N4O. The average molecular weight is 258 g/mol. The number of aryl methyl sites for hydroxylation is 1. The van der Waals surface area contributed by atoms with Gasteiger partial charge in [0.15, 0.2) is 0 Å². The number of nitrogens with zero attached hydrogens (tertiary/aromatic N) is 3. The Kier molecular flexibility index (Phi) is 3.06. The molecule has 5 nitrogen and oxygen atoms in total. The molecule has 0 unspecified atom stereocenters. The van der Waals surface area contributed by atoms with Crippen LogP contribution in [-0.4, -0.2) is 20.7 Å². The van der Waals surface area contributed by atoms with Crippen molar-refractivity contribution in [1.29, 1.82) is 0 Å².